The van der Waals surface area contributed by atoms with E-state index in [0.29, 0.717) is 26.4 Å². The summed E-state index contributed by atoms with van der Waals surface area (Å²) in [5.74, 6) is 6.44. The van der Waals surface area contributed by atoms with Gasteiger partial charge in [-0.15, -0.1) is 0 Å². The minimum atomic E-state index is -1.87. The number of likely N-dealkylation sites (tertiary alicyclic amines) is 1. The molecule has 1 saturated heterocycles. The predicted octanol–water partition coefficient (Wildman–Crippen LogP) is 4.29. The molecule has 0 unspecified atom stereocenters. The molecule has 0 N–H and O–H groups in total. The Morgan fingerprint density at radius 1 is 1.40 bits per heavy atom. The van der Waals surface area contributed by atoms with E-state index < -0.39 is 8.32 Å². The van der Waals surface area contributed by atoms with E-state index in [1.165, 1.54) is 0 Å². The van der Waals surface area contributed by atoms with Gasteiger partial charge in [-0.05, 0) is 0 Å². The molecule has 3 atom stereocenters. The zero-order valence-electron chi connectivity index (χ0n) is 17.0. The van der Waals surface area contributed by atoms with E-state index in [0.717, 1.165) is 18.2 Å². The van der Waals surface area contributed by atoms with Crippen molar-refractivity contribution in [2.75, 3.05) is 6.54 Å². The van der Waals surface area contributed by atoms with Crippen molar-refractivity contribution >= 4 is 29.2 Å². The third kappa shape index (κ3) is 5.72. The van der Waals surface area contributed by atoms with Gasteiger partial charge in [0.1, 0.15) is 0 Å². The Balaban J connectivity index is 2.83. The van der Waals surface area contributed by atoms with Crippen molar-refractivity contribution in [3.63, 3.8) is 0 Å². The standard InChI is InChI=1S/C20H35NO2SeSi/c1-9-11-13-14-21-18(22)17(19(21)24-15-12-10-2)16(3)23-25(7,8)20(4,5)6/h10,16-17,19H,2,9,12,14-15H2,1,3-8H3/t16-,17+,19-/m1/s1. The van der Waals surface area contributed by atoms with Crippen molar-refractivity contribution in [3.8, 4) is 11.8 Å². The fraction of sp³-hybridized carbons (Fsp3) is 0.750. The van der Waals surface area contributed by atoms with Crippen LogP contribution in [0.3, 0.4) is 0 Å². The van der Waals surface area contributed by atoms with Gasteiger partial charge in [-0.1, -0.05) is 0 Å². The summed E-state index contributed by atoms with van der Waals surface area (Å²) in [7, 11) is -1.87. The number of nitrogens with zero attached hydrogens (tertiary/aromatic N) is 1. The van der Waals surface area contributed by atoms with Gasteiger partial charge in [0.25, 0.3) is 0 Å². The molecule has 1 heterocycles. The number of hydrogen-bond donors (Lipinski definition) is 0. The summed E-state index contributed by atoms with van der Waals surface area (Å²) in [6, 6.07) is 0. The van der Waals surface area contributed by atoms with E-state index in [9.17, 15) is 4.79 Å². The average molecular weight is 429 g/mol. The zero-order chi connectivity index (χ0) is 19.3. The fourth-order valence-corrected chi connectivity index (χ4v) is 7.06. The Bertz CT molecular complexity index is 530. The Labute approximate surface area is 162 Å². The van der Waals surface area contributed by atoms with Crippen LogP contribution in [-0.2, 0) is 9.22 Å². The van der Waals surface area contributed by atoms with Crippen LogP contribution in [0.2, 0.25) is 23.5 Å². The summed E-state index contributed by atoms with van der Waals surface area (Å²) < 4.78 is 6.53. The summed E-state index contributed by atoms with van der Waals surface area (Å²) in [6.45, 7) is 19.8. The summed E-state index contributed by atoms with van der Waals surface area (Å²) in [4.78, 5) is 15.0. The predicted molar refractivity (Wildman–Crippen MR) is 110 cm³/mol. The van der Waals surface area contributed by atoms with E-state index >= 15 is 0 Å². The number of carbonyl (C=O) groups is 1. The van der Waals surface area contributed by atoms with E-state index in [4.69, 9.17) is 4.43 Å². The molecule has 0 radical (unpaired) electrons. The van der Waals surface area contributed by atoms with Crippen LogP contribution in [0.4, 0.5) is 0 Å². The molecule has 1 aliphatic heterocycles. The van der Waals surface area contributed by atoms with Crippen LogP contribution in [0.15, 0.2) is 12.7 Å². The number of rotatable bonds is 8. The Morgan fingerprint density at radius 3 is 2.56 bits per heavy atom. The summed E-state index contributed by atoms with van der Waals surface area (Å²) in [5, 5.41) is 1.28. The quantitative estimate of drug-likeness (QED) is 0.190. The van der Waals surface area contributed by atoms with E-state index in [1.54, 1.807) is 0 Å². The molecule has 0 aromatic carbocycles. The maximum atomic E-state index is 12.8. The van der Waals surface area contributed by atoms with Gasteiger partial charge in [0.15, 0.2) is 0 Å². The molecular formula is C20H35NO2SeSi. The van der Waals surface area contributed by atoms with E-state index in [-0.39, 0.29) is 23.0 Å². The van der Waals surface area contributed by atoms with Crippen molar-refractivity contribution in [1.29, 1.82) is 0 Å². The molecule has 1 aliphatic rings. The van der Waals surface area contributed by atoms with Gasteiger partial charge in [0.2, 0.25) is 0 Å². The van der Waals surface area contributed by atoms with Crippen LogP contribution >= 0.6 is 0 Å². The van der Waals surface area contributed by atoms with Crippen LogP contribution in [0.1, 0.15) is 47.5 Å². The molecule has 0 spiro atoms. The molecule has 0 saturated carbocycles. The van der Waals surface area contributed by atoms with Crippen LogP contribution < -0.4 is 0 Å². The van der Waals surface area contributed by atoms with Gasteiger partial charge in [-0.25, -0.2) is 0 Å². The molecule has 25 heavy (non-hydrogen) atoms. The van der Waals surface area contributed by atoms with Gasteiger partial charge >= 0.3 is 162 Å². The molecule has 0 bridgehead atoms. The van der Waals surface area contributed by atoms with Crippen molar-refractivity contribution in [2.24, 2.45) is 5.92 Å². The van der Waals surface area contributed by atoms with Gasteiger partial charge in [0, 0.05) is 0 Å². The molecule has 5 heteroatoms. The third-order valence-corrected chi connectivity index (χ3v) is 12.6. The van der Waals surface area contributed by atoms with E-state index in [1.807, 2.05) is 17.9 Å². The number of allylic oxidation sites excluding steroid dienone is 1. The molecule has 142 valence electrons. The first kappa shape index (κ1) is 22.5. The first-order chi connectivity index (χ1) is 11.6. The number of β-lactam (4-membered cyclic amide) rings is 1. The monoisotopic (exact) mass is 429 g/mol. The summed E-state index contributed by atoms with van der Waals surface area (Å²) in [6.07, 6.45) is 3.80. The summed E-state index contributed by atoms with van der Waals surface area (Å²) >= 11 is 0.381. The van der Waals surface area contributed by atoms with Crippen LogP contribution in [0.5, 0.6) is 0 Å². The topological polar surface area (TPSA) is 29.5 Å². The van der Waals surface area contributed by atoms with Crippen molar-refractivity contribution < 1.29 is 9.22 Å². The van der Waals surface area contributed by atoms with Crippen LogP contribution in [0, 0.1) is 17.8 Å². The number of hydrogen-bond acceptors (Lipinski definition) is 2. The normalized spacial score (nSPS) is 22.0. The number of amides is 1. The zero-order valence-corrected chi connectivity index (χ0v) is 19.7. The molecule has 0 aliphatic carbocycles. The van der Waals surface area contributed by atoms with Crippen LogP contribution in [-0.4, -0.2) is 51.7 Å². The maximum absolute atomic E-state index is 12.8. The van der Waals surface area contributed by atoms with Crippen molar-refractivity contribution in [3.05, 3.63) is 12.7 Å². The van der Waals surface area contributed by atoms with Crippen molar-refractivity contribution in [2.45, 2.75) is 82.0 Å². The van der Waals surface area contributed by atoms with Gasteiger partial charge < -0.3 is 0 Å². The molecule has 1 rings (SSSR count). The third-order valence-electron chi connectivity index (χ3n) is 5.14. The molecule has 0 aromatic rings. The van der Waals surface area contributed by atoms with Gasteiger partial charge in [0.05, 0.1) is 0 Å². The Morgan fingerprint density at radius 2 is 2.04 bits per heavy atom. The number of carbonyl (C=O) groups excluding carboxylic acids is 1. The molecule has 0 aromatic heterocycles. The Hall–Kier alpha value is -0.534. The second-order valence-corrected chi connectivity index (χ2v) is 15.4. The molecule has 3 nitrogen and oxygen atoms in total. The van der Waals surface area contributed by atoms with Gasteiger partial charge in [-0.3, -0.25) is 0 Å². The minimum absolute atomic E-state index is 0.00219. The molecular weight excluding hydrogens is 393 g/mol. The Kier molecular flexibility index (Phi) is 8.48. The van der Waals surface area contributed by atoms with Crippen molar-refractivity contribution in [1.82, 2.24) is 4.90 Å². The first-order valence-corrected chi connectivity index (χ1v) is 14.3. The molecule has 1 fully saturated rings. The average Bonchev–Trinajstić information content (AvgIpc) is 2.49. The summed E-state index contributed by atoms with van der Waals surface area (Å²) in [5.41, 5.74) is 0. The first-order valence-electron chi connectivity index (χ1n) is 9.23. The fourth-order valence-electron chi connectivity index (χ4n) is 2.60. The van der Waals surface area contributed by atoms with E-state index in [2.05, 4.69) is 59.2 Å². The SMILES string of the molecule is C=CCC[Se][C@@H]1[C@@H]([C@@H](C)O[Si](C)(C)C(C)(C)C)C(=O)N1CC#CCC. The molecule has 1 amide bonds. The van der Waals surface area contributed by atoms with Gasteiger partial charge in [-0.2, -0.15) is 0 Å². The second kappa shape index (κ2) is 9.42. The van der Waals surface area contributed by atoms with Crippen LogP contribution in [0.25, 0.3) is 0 Å². The second-order valence-electron chi connectivity index (χ2n) is 8.12.